The van der Waals surface area contributed by atoms with Gasteiger partial charge in [0.1, 0.15) is 30.0 Å². The molecule has 5 aliphatic carbocycles. The Labute approximate surface area is 348 Å². The molecule has 60 heavy (non-hydrogen) atoms. The lowest BCUT2D eigenvalue weighted by Crippen LogP contribution is -2.62. The third-order valence-electron chi connectivity index (χ3n) is 13.3. The van der Waals surface area contributed by atoms with E-state index >= 15 is 0 Å². The number of primary amides is 1. The van der Waals surface area contributed by atoms with Gasteiger partial charge >= 0.3 is 6.09 Å². The smallest absolute Gasteiger partial charge is 0.404 e. The fourth-order valence-electron chi connectivity index (χ4n) is 10.4. The number of benzene rings is 2. The van der Waals surface area contributed by atoms with Gasteiger partial charge in [0.25, 0.3) is 0 Å². The van der Waals surface area contributed by atoms with Crippen molar-refractivity contribution in [1.29, 1.82) is 0 Å². The number of carbonyl (C=O) groups excluding carboxylic acids is 4. The van der Waals surface area contributed by atoms with E-state index in [9.17, 15) is 29.4 Å². The molecule has 16 nitrogen and oxygen atoms in total. The highest BCUT2D eigenvalue weighted by Gasteiger charge is 2.60. The number of phenols is 2. The van der Waals surface area contributed by atoms with Crippen LogP contribution in [0.25, 0.3) is 0 Å². The van der Waals surface area contributed by atoms with Crippen molar-refractivity contribution in [2.24, 2.45) is 35.3 Å². The van der Waals surface area contributed by atoms with Crippen LogP contribution in [0.2, 0.25) is 0 Å². The van der Waals surface area contributed by atoms with Crippen molar-refractivity contribution in [1.82, 2.24) is 0 Å². The van der Waals surface area contributed by atoms with Crippen LogP contribution in [-0.4, -0.2) is 88.2 Å². The van der Waals surface area contributed by atoms with Crippen LogP contribution in [0.5, 0.6) is 17.2 Å². The summed E-state index contributed by atoms with van der Waals surface area (Å²) in [6.45, 7) is 4.57. The van der Waals surface area contributed by atoms with Gasteiger partial charge in [0.15, 0.2) is 17.9 Å². The van der Waals surface area contributed by atoms with Gasteiger partial charge in [-0.2, -0.15) is 19.6 Å². The fourth-order valence-corrected chi connectivity index (χ4v) is 10.4. The normalized spacial score (nSPS) is 32.9. The van der Waals surface area contributed by atoms with Crippen molar-refractivity contribution in [2.75, 3.05) is 20.3 Å². The van der Waals surface area contributed by atoms with E-state index in [-0.39, 0.29) is 81.6 Å². The van der Waals surface area contributed by atoms with Gasteiger partial charge in [-0.3, -0.25) is 14.4 Å². The minimum absolute atomic E-state index is 0.0568. The Morgan fingerprint density at radius 2 is 1.62 bits per heavy atom. The fraction of sp³-hybridized carbons (Fsp3) is 0.636. The SMILES string of the molecule is CC1CC2CC(C)C3(OOC4(CCCC(OC(N)=O)C4)OO3)C(C1)C2.COc1cccc2c1C(=O)c1c(O)c3c(c(O)c1C2=O)CC(C(=O)CO)CC3.OC1CCCCO1. The summed E-state index contributed by atoms with van der Waals surface area (Å²) in [5.41, 5.74) is 5.44. The zero-order valence-electron chi connectivity index (χ0n) is 34.4. The number of aliphatic hydroxyl groups excluding tert-OH is 2. The van der Waals surface area contributed by atoms with Crippen LogP contribution in [0.3, 0.4) is 0 Å². The summed E-state index contributed by atoms with van der Waals surface area (Å²) in [4.78, 5) is 72.7. The molecule has 328 valence electrons. The van der Waals surface area contributed by atoms with Crippen LogP contribution in [0, 0.1) is 29.6 Å². The summed E-state index contributed by atoms with van der Waals surface area (Å²) in [5, 5.41) is 39.4. The van der Waals surface area contributed by atoms with Crippen LogP contribution in [-0.2, 0) is 46.7 Å². The molecule has 0 aromatic heterocycles. The minimum atomic E-state index is -1.01. The highest BCUT2D eigenvalue weighted by molar-refractivity contribution is 6.31. The first-order chi connectivity index (χ1) is 28.7. The number of amides is 1. The van der Waals surface area contributed by atoms with Crippen molar-refractivity contribution in [2.45, 2.75) is 128 Å². The number of rotatable bonds is 4. The van der Waals surface area contributed by atoms with Crippen LogP contribution in [0.15, 0.2) is 18.2 Å². The Balaban J connectivity index is 0.000000157. The number of hydrogen-bond acceptors (Lipinski definition) is 15. The number of fused-ring (bicyclic) bond motifs is 6. The molecule has 3 saturated carbocycles. The predicted molar refractivity (Wildman–Crippen MR) is 210 cm³/mol. The molecule has 1 amide bonds. The van der Waals surface area contributed by atoms with Crippen LogP contribution >= 0.6 is 0 Å². The average Bonchev–Trinajstić information content (AvgIpc) is 3.23. The number of aromatic hydroxyl groups is 2. The molecular weight excluding hydrogens is 782 g/mol. The molecule has 7 atom stereocenters. The number of nitrogens with two attached hydrogens (primary N) is 1. The maximum absolute atomic E-state index is 13.1. The summed E-state index contributed by atoms with van der Waals surface area (Å²) < 4.78 is 15.2. The van der Waals surface area contributed by atoms with E-state index in [0.29, 0.717) is 30.7 Å². The maximum atomic E-state index is 13.1. The first-order valence-electron chi connectivity index (χ1n) is 21.2. The van der Waals surface area contributed by atoms with Gasteiger partial charge < -0.3 is 40.4 Å². The molecule has 16 heteroatoms. The largest absolute Gasteiger partial charge is 0.507 e. The van der Waals surface area contributed by atoms with Crippen LogP contribution in [0.1, 0.15) is 134 Å². The molecule has 2 aromatic rings. The molecule has 2 aromatic carbocycles. The van der Waals surface area contributed by atoms with E-state index < -0.39 is 48.0 Å². The molecule has 2 bridgehead atoms. The molecule has 2 spiro atoms. The molecule has 0 radical (unpaired) electrons. The number of hydrogen-bond donors (Lipinski definition) is 5. The lowest BCUT2D eigenvalue weighted by Gasteiger charge is -2.55. The zero-order chi connectivity index (χ0) is 42.9. The number of aliphatic hydroxyl groups is 2. The first-order valence-corrected chi connectivity index (χ1v) is 21.2. The van der Waals surface area contributed by atoms with Crippen molar-refractivity contribution >= 4 is 23.4 Å². The van der Waals surface area contributed by atoms with Crippen molar-refractivity contribution in [3.8, 4) is 17.2 Å². The van der Waals surface area contributed by atoms with E-state index in [2.05, 4.69) is 13.8 Å². The molecule has 9 rings (SSSR count). The Kier molecular flexibility index (Phi) is 13.2. The summed E-state index contributed by atoms with van der Waals surface area (Å²) in [6, 6.07) is 4.59. The highest BCUT2D eigenvalue weighted by atomic mass is 17.4. The lowest BCUT2D eigenvalue weighted by atomic mass is 9.62. The lowest BCUT2D eigenvalue weighted by molar-refractivity contribution is -0.677. The molecule has 2 saturated heterocycles. The third-order valence-corrected chi connectivity index (χ3v) is 13.3. The van der Waals surface area contributed by atoms with Crippen molar-refractivity contribution in [3.05, 3.63) is 51.6 Å². The summed E-state index contributed by atoms with van der Waals surface area (Å²) in [6.07, 6.45) is 9.22. The number of ether oxygens (including phenoxy) is 3. The van der Waals surface area contributed by atoms with E-state index in [4.69, 9.17) is 49.7 Å². The second kappa shape index (κ2) is 18.1. The third kappa shape index (κ3) is 8.52. The maximum Gasteiger partial charge on any atom is 0.404 e. The van der Waals surface area contributed by atoms with E-state index in [1.807, 2.05) is 0 Å². The monoisotopic (exact) mass is 839 g/mol. The van der Waals surface area contributed by atoms with Gasteiger partial charge in [0.2, 0.25) is 17.4 Å². The van der Waals surface area contributed by atoms with E-state index in [1.54, 1.807) is 12.1 Å². The molecule has 7 aliphatic rings. The van der Waals surface area contributed by atoms with E-state index in [1.165, 1.54) is 19.6 Å². The molecule has 7 unspecified atom stereocenters. The first kappa shape index (κ1) is 43.9. The number of Topliss-reactive ketones (excluding diaryl/α,β-unsaturated/α-hetero) is 1. The predicted octanol–water partition coefficient (Wildman–Crippen LogP) is 5.47. The van der Waals surface area contributed by atoms with Gasteiger partial charge in [-0.05, 0) is 95.0 Å². The van der Waals surface area contributed by atoms with Gasteiger partial charge in [0.05, 0.1) is 23.8 Å². The highest BCUT2D eigenvalue weighted by Crippen LogP contribution is 2.55. The Morgan fingerprint density at radius 1 is 0.883 bits per heavy atom. The molecule has 5 fully saturated rings. The summed E-state index contributed by atoms with van der Waals surface area (Å²) in [5.74, 6) is -2.51. The quantitative estimate of drug-likeness (QED) is 0.162. The molecule has 2 heterocycles. The molecule has 2 aliphatic heterocycles. The minimum Gasteiger partial charge on any atom is -0.507 e. The topological polar surface area (TPSA) is 240 Å². The Morgan fingerprint density at radius 3 is 2.27 bits per heavy atom. The van der Waals surface area contributed by atoms with Crippen LogP contribution < -0.4 is 10.5 Å². The Bertz CT molecular complexity index is 1950. The number of methoxy groups -OCH3 is 1. The molecular formula is C44H57NO15. The number of carbonyl (C=O) groups is 4. The second-order valence-electron chi connectivity index (χ2n) is 17.5. The number of ketones is 3. The van der Waals surface area contributed by atoms with Crippen molar-refractivity contribution < 1.29 is 73.4 Å². The summed E-state index contributed by atoms with van der Waals surface area (Å²) in [7, 11) is 1.38. The zero-order valence-corrected chi connectivity index (χ0v) is 34.4. The van der Waals surface area contributed by atoms with E-state index in [0.717, 1.165) is 63.9 Å². The Hall–Kier alpha value is -4.16. The number of phenolic OH excluding ortho intramolecular Hbond substituents is 2. The van der Waals surface area contributed by atoms with Gasteiger partial charge in [-0.15, -0.1) is 0 Å². The second-order valence-corrected chi connectivity index (χ2v) is 17.5. The van der Waals surface area contributed by atoms with Gasteiger partial charge in [-0.1, -0.05) is 26.0 Å². The van der Waals surface area contributed by atoms with Gasteiger partial charge in [-0.25, -0.2) is 4.79 Å². The molecule has 6 N–H and O–H groups in total. The standard InChI is InChI=1S/C21H18O7.C18H29NO6.C5H10O2/c1-28-14-4-2-3-11-15(14)21(27)17-16(19(11)25)20(26)12-7-9(13(23)8-22)5-6-10(12)18(17)24;1-11-6-13-8-12(2)18(14(7-11)9-13)24-22-17(23-25-18)5-3-4-15(10-17)21-16(19)20;6-5-3-1-2-4-7-5/h2-4,9,22,24,26H,5-8H2,1H3;11-15H,3-10H2,1-2H3,(H2,19,20);5-6H,1-4H2. The van der Waals surface area contributed by atoms with Crippen LogP contribution in [0.4, 0.5) is 4.79 Å². The average molecular weight is 840 g/mol. The van der Waals surface area contributed by atoms with Gasteiger partial charge in [0, 0.05) is 53.9 Å². The van der Waals surface area contributed by atoms with Crippen molar-refractivity contribution in [3.63, 3.8) is 0 Å². The summed E-state index contributed by atoms with van der Waals surface area (Å²) >= 11 is 0.